The number of ether oxygens (including phenoxy) is 5. The van der Waals surface area contributed by atoms with Gasteiger partial charge in [0, 0.05) is 27.2 Å². The maximum atomic E-state index is 12.9. The van der Waals surface area contributed by atoms with E-state index in [-0.39, 0.29) is 54.4 Å². The molecule has 4 fully saturated rings. The van der Waals surface area contributed by atoms with Crippen molar-refractivity contribution in [3.8, 4) is 0 Å². The zero-order valence-electron chi connectivity index (χ0n) is 28.2. The molecular weight excluding hydrogens is 588 g/mol. The zero-order valence-corrected chi connectivity index (χ0v) is 28.2. The third-order valence-corrected chi connectivity index (χ3v) is 9.25. The Bertz CT molecular complexity index is 1110. The van der Waals surface area contributed by atoms with E-state index in [1.54, 1.807) is 35.0 Å². The second kappa shape index (κ2) is 14.6. The van der Waals surface area contributed by atoms with Crippen molar-refractivity contribution < 1.29 is 47.7 Å². The number of carbonyl (C=O) groups is 5. The maximum Gasteiger partial charge on any atom is 0.411 e. The number of nitrogens with one attached hydrogen (secondary N) is 3. The first kappa shape index (κ1) is 36.5. The number of nitrogens with zero attached hydrogens (tertiary/aromatic N) is 1. The molecule has 2 saturated heterocycles. The van der Waals surface area contributed by atoms with E-state index in [0.717, 1.165) is 12.8 Å². The van der Waals surface area contributed by atoms with Crippen LogP contribution in [0.2, 0.25) is 0 Å². The third kappa shape index (κ3) is 8.25. The zero-order chi connectivity index (χ0) is 33.7. The fraction of sp³-hybridized carbons (Fsp3) is 0.839. The number of rotatable bonds is 10. The average molecular weight is 641 g/mol. The van der Waals surface area contributed by atoms with Gasteiger partial charge in [-0.1, -0.05) is 26.7 Å². The van der Waals surface area contributed by atoms with Gasteiger partial charge in [-0.05, 0) is 51.9 Å². The Morgan fingerprint density at radius 1 is 0.800 bits per heavy atom. The van der Waals surface area contributed by atoms with Crippen LogP contribution in [-0.2, 0) is 42.9 Å². The van der Waals surface area contributed by atoms with Crippen LogP contribution in [0, 0.1) is 11.8 Å². The second-order valence-electron chi connectivity index (χ2n) is 13.3. The first-order valence-electron chi connectivity index (χ1n) is 15.7. The lowest BCUT2D eigenvalue weighted by molar-refractivity contribution is -0.147. The molecule has 4 rings (SSSR count). The highest BCUT2D eigenvalue weighted by molar-refractivity contribution is 5.95. The molecule has 8 atom stereocenters. The van der Waals surface area contributed by atoms with Crippen molar-refractivity contribution in [3.63, 3.8) is 0 Å². The smallest absolute Gasteiger partial charge is 0.411 e. The number of methoxy groups -OCH3 is 4. The van der Waals surface area contributed by atoms with Crippen LogP contribution in [0.25, 0.3) is 0 Å². The Labute approximate surface area is 265 Å². The van der Waals surface area contributed by atoms with Gasteiger partial charge in [-0.25, -0.2) is 14.4 Å². The summed E-state index contributed by atoms with van der Waals surface area (Å²) in [4.78, 5) is 63.0. The monoisotopic (exact) mass is 640 g/mol. The van der Waals surface area contributed by atoms with Gasteiger partial charge in [0.15, 0.2) is 0 Å². The Morgan fingerprint density at radius 3 is 1.71 bits per heavy atom. The molecular formula is C31H52N4O10. The van der Waals surface area contributed by atoms with Crippen molar-refractivity contribution in [1.82, 2.24) is 20.9 Å². The van der Waals surface area contributed by atoms with Gasteiger partial charge >= 0.3 is 18.0 Å². The first-order valence-corrected chi connectivity index (χ1v) is 15.7. The summed E-state index contributed by atoms with van der Waals surface area (Å²) in [6, 6.07) is -1.03. The van der Waals surface area contributed by atoms with Crippen molar-refractivity contribution in [2.75, 3.05) is 41.5 Å². The molecule has 4 aliphatic rings. The normalized spacial score (nSPS) is 33.3. The summed E-state index contributed by atoms with van der Waals surface area (Å²) in [6.45, 7) is 10.2. The van der Waals surface area contributed by atoms with Gasteiger partial charge in [-0.15, -0.1) is 0 Å². The van der Waals surface area contributed by atoms with Crippen LogP contribution in [0.4, 0.5) is 4.79 Å². The number of likely N-dealkylation sites (tertiary alicyclic amines) is 1. The van der Waals surface area contributed by atoms with Crippen LogP contribution < -0.4 is 16.0 Å². The fourth-order valence-corrected chi connectivity index (χ4v) is 6.35. The molecule has 0 bridgehead atoms. The fourth-order valence-electron chi connectivity index (χ4n) is 6.35. The molecule has 0 radical (unpaired) electrons. The highest BCUT2D eigenvalue weighted by Gasteiger charge is 2.63. The molecule has 256 valence electrons. The van der Waals surface area contributed by atoms with Crippen LogP contribution in [-0.4, -0.2) is 117 Å². The van der Waals surface area contributed by atoms with Crippen LogP contribution >= 0.6 is 0 Å². The minimum atomic E-state index is -0.981. The molecule has 0 aromatic carbocycles. The van der Waals surface area contributed by atoms with Crippen molar-refractivity contribution in [3.05, 3.63) is 0 Å². The van der Waals surface area contributed by atoms with Gasteiger partial charge < -0.3 is 39.6 Å². The molecule has 14 nitrogen and oxygen atoms in total. The molecule has 0 aromatic rings. The van der Waals surface area contributed by atoms with Crippen LogP contribution in [0.1, 0.15) is 73.1 Å². The molecule has 2 aliphatic carbocycles. The third-order valence-electron chi connectivity index (χ3n) is 9.25. The molecule has 0 unspecified atom stereocenters. The number of esters is 2. The van der Waals surface area contributed by atoms with E-state index < -0.39 is 34.8 Å². The SMILES string of the molecule is CC[C@@H]1C[C@]1(NC(=O)[C@@H]1C[C@@H](OC)CN1)C(=O)OC.CC[C@@H]1C[C@]1(NC(=O)[C@@H]1C[C@@H](OC)CN1C(=O)OC(C)(C)C)C(=O)OC. The van der Waals surface area contributed by atoms with E-state index in [2.05, 4.69) is 16.0 Å². The Hall–Kier alpha value is -2.97. The van der Waals surface area contributed by atoms with E-state index in [9.17, 15) is 24.0 Å². The lowest BCUT2D eigenvalue weighted by Gasteiger charge is -2.29. The Kier molecular flexibility index (Phi) is 11.9. The summed E-state index contributed by atoms with van der Waals surface area (Å²) < 4.78 is 25.7. The largest absolute Gasteiger partial charge is 0.467 e. The Morgan fingerprint density at radius 2 is 1.31 bits per heavy atom. The summed E-state index contributed by atoms with van der Waals surface area (Å²) in [6.07, 6.45) is 3.07. The van der Waals surface area contributed by atoms with Crippen molar-refractivity contribution >= 4 is 29.8 Å². The van der Waals surface area contributed by atoms with Crippen LogP contribution in [0.5, 0.6) is 0 Å². The van der Waals surface area contributed by atoms with E-state index in [1.165, 1.54) is 19.1 Å². The number of hydrogen-bond acceptors (Lipinski definition) is 11. The summed E-state index contributed by atoms with van der Waals surface area (Å²) in [5.74, 6) is -1.06. The summed E-state index contributed by atoms with van der Waals surface area (Å²) >= 11 is 0. The van der Waals surface area contributed by atoms with E-state index >= 15 is 0 Å². The quantitative estimate of drug-likeness (QED) is 0.232. The topological polar surface area (TPSA) is 171 Å². The molecule has 2 aliphatic heterocycles. The molecule has 45 heavy (non-hydrogen) atoms. The van der Waals surface area contributed by atoms with Gasteiger partial charge in [0.1, 0.15) is 22.7 Å². The van der Waals surface area contributed by atoms with E-state index in [0.29, 0.717) is 32.2 Å². The predicted molar refractivity (Wildman–Crippen MR) is 162 cm³/mol. The molecule has 3 amide bonds. The van der Waals surface area contributed by atoms with Gasteiger partial charge in [0.2, 0.25) is 11.8 Å². The molecule has 0 spiro atoms. The number of amides is 3. The lowest BCUT2D eigenvalue weighted by atomic mass is 10.1. The van der Waals surface area contributed by atoms with Crippen molar-refractivity contribution in [2.24, 2.45) is 11.8 Å². The highest BCUT2D eigenvalue weighted by Crippen LogP contribution is 2.47. The van der Waals surface area contributed by atoms with Gasteiger partial charge in [0.25, 0.3) is 0 Å². The standard InChI is InChI=1S/C18H30N2O6.C13H22N2O4/c1-7-11-9-18(11,15(22)25-6)19-14(21)13-8-12(24-5)10-20(13)16(23)26-17(2,3)4;1-4-8-6-13(8,12(17)19-3)15-11(16)10-5-9(18-2)7-14-10/h11-13H,7-10H2,1-6H3,(H,19,21);8-10,14H,4-7H2,1-3H3,(H,15,16)/t11-,12-,13+,18-;8-,9-,10+,13-/m11/s1. The molecule has 3 N–H and O–H groups in total. The second-order valence-corrected chi connectivity index (χ2v) is 13.3. The van der Waals surface area contributed by atoms with Crippen LogP contribution in [0.15, 0.2) is 0 Å². The summed E-state index contributed by atoms with van der Waals surface area (Å²) in [7, 11) is 5.85. The average Bonchev–Trinajstić information content (AvgIpc) is 3.73. The molecule has 2 saturated carbocycles. The highest BCUT2D eigenvalue weighted by atomic mass is 16.6. The van der Waals surface area contributed by atoms with Crippen LogP contribution in [0.3, 0.4) is 0 Å². The molecule has 0 aromatic heterocycles. The van der Waals surface area contributed by atoms with E-state index in [1.807, 2.05) is 13.8 Å². The minimum Gasteiger partial charge on any atom is -0.467 e. The van der Waals surface area contributed by atoms with E-state index in [4.69, 9.17) is 23.7 Å². The minimum absolute atomic E-state index is 0.0495. The number of hydrogen-bond donors (Lipinski definition) is 3. The first-order chi connectivity index (χ1) is 21.1. The summed E-state index contributed by atoms with van der Waals surface area (Å²) in [5, 5.41) is 8.82. The van der Waals surface area contributed by atoms with Gasteiger partial charge in [-0.3, -0.25) is 14.5 Å². The van der Waals surface area contributed by atoms with Gasteiger partial charge in [0.05, 0.1) is 39.0 Å². The van der Waals surface area contributed by atoms with Gasteiger partial charge in [-0.2, -0.15) is 0 Å². The summed E-state index contributed by atoms with van der Waals surface area (Å²) in [5.41, 5.74) is -2.45. The van der Waals surface area contributed by atoms with Crippen molar-refractivity contribution in [1.29, 1.82) is 0 Å². The molecule has 2 heterocycles. The Balaban J connectivity index is 0.000000257. The predicted octanol–water partition coefficient (Wildman–Crippen LogP) is 1.29. The maximum absolute atomic E-state index is 12.9. The number of carbonyl (C=O) groups excluding carboxylic acids is 5. The van der Waals surface area contributed by atoms with Crippen molar-refractivity contribution in [2.45, 2.75) is 114 Å². The molecule has 14 heteroatoms. The lowest BCUT2D eigenvalue weighted by Crippen LogP contribution is -2.53.